The summed E-state index contributed by atoms with van der Waals surface area (Å²) in [4.78, 5) is 26.7. The summed E-state index contributed by atoms with van der Waals surface area (Å²) in [7, 11) is 0. The molecule has 1 aromatic heterocycles. The van der Waals surface area contributed by atoms with Gasteiger partial charge in [0.25, 0.3) is 5.88 Å². The van der Waals surface area contributed by atoms with Crippen molar-refractivity contribution in [2.75, 3.05) is 0 Å². The van der Waals surface area contributed by atoms with Crippen LogP contribution in [0.25, 0.3) is 12.2 Å². The van der Waals surface area contributed by atoms with Gasteiger partial charge in [-0.3, -0.25) is 14.9 Å². The Kier molecular flexibility index (Phi) is 4.25. The van der Waals surface area contributed by atoms with Gasteiger partial charge in [0.05, 0.1) is 4.92 Å². The second-order valence-corrected chi connectivity index (χ2v) is 4.72. The molecule has 0 aliphatic rings. The zero-order valence-electron chi connectivity index (χ0n) is 10.2. The van der Waals surface area contributed by atoms with E-state index in [1.54, 1.807) is 12.1 Å². The molecule has 0 saturated carbocycles. The Morgan fingerprint density at radius 1 is 1.33 bits per heavy atom. The van der Waals surface area contributed by atoms with Crippen molar-refractivity contribution in [2.45, 2.75) is 0 Å². The maximum Gasteiger partial charge on any atom is 0.395 e. The van der Waals surface area contributed by atoms with E-state index < -0.39 is 22.0 Å². The standard InChI is InChI=1S/C12H7Cl2N3O4/c13-7-3-1-6(8(14)5-7)2-4-9-15-11(18)10(17(20)21)12(19)16-9/h1-5H,(H2,15,16,18,19)/b4-2+. The molecule has 0 atom stereocenters. The van der Waals surface area contributed by atoms with Gasteiger partial charge in [0, 0.05) is 10.0 Å². The fourth-order valence-electron chi connectivity index (χ4n) is 1.52. The second kappa shape index (κ2) is 5.94. The van der Waals surface area contributed by atoms with Crippen molar-refractivity contribution in [3.63, 3.8) is 0 Å². The molecule has 0 aliphatic heterocycles. The van der Waals surface area contributed by atoms with Crippen molar-refractivity contribution in [3.8, 4) is 5.88 Å². The summed E-state index contributed by atoms with van der Waals surface area (Å²) in [6.45, 7) is 0. The number of hydrogen-bond acceptors (Lipinski definition) is 5. The van der Waals surface area contributed by atoms with Gasteiger partial charge < -0.3 is 10.1 Å². The van der Waals surface area contributed by atoms with Crippen LogP contribution in [0.5, 0.6) is 5.88 Å². The van der Waals surface area contributed by atoms with Gasteiger partial charge in [0.1, 0.15) is 5.82 Å². The van der Waals surface area contributed by atoms with Crippen LogP contribution in [0.4, 0.5) is 5.69 Å². The first kappa shape index (κ1) is 15.0. The fraction of sp³-hybridized carbons (Fsp3) is 0. The van der Waals surface area contributed by atoms with Crippen molar-refractivity contribution in [2.24, 2.45) is 0 Å². The van der Waals surface area contributed by atoms with Crippen LogP contribution >= 0.6 is 23.2 Å². The molecule has 0 radical (unpaired) electrons. The van der Waals surface area contributed by atoms with E-state index in [1.807, 2.05) is 0 Å². The summed E-state index contributed by atoms with van der Waals surface area (Å²) in [6.07, 6.45) is 2.86. The SMILES string of the molecule is O=c1[nH]c(/C=C/c2ccc(Cl)cc2Cl)nc(O)c1[N+](=O)[O-]. The average Bonchev–Trinajstić information content (AvgIpc) is 2.36. The molecule has 1 aromatic carbocycles. The molecular formula is C12H7Cl2N3O4. The van der Waals surface area contributed by atoms with Crippen molar-refractivity contribution in [1.29, 1.82) is 0 Å². The maximum atomic E-state index is 11.5. The number of hydrogen-bond donors (Lipinski definition) is 2. The maximum absolute atomic E-state index is 11.5. The molecule has 0 amide bonds. The quantitative estimate of drug-likeness (QED) is 0.665. The minimum atomic E-state index is -1.05. The second-order valence-electron chi connectivity index (χ2n) is 3.88. The number of nitro groups is 1. The van der Waals surface area contributed by atoms with Gasteiger partial charge in [-0.2, -0.15) is 4.98 Å². The Morgan fingerprint density at radius 3 is 2.62 bits per heavy atom. The largest absolute Gasteiger partial charge is 0.488 e. The molecule has 1 heterocycles. The Morgan fingerprint density at radius 2 is 2.05 bits per heavy atom. The highest BCUT2D eigenvalue weighted by Gasteiger charge is 2.21. The molecule has 9 heteroatoms. The lowest BCUT2D eigenvalue weighted by atomic mass is 10.2. The third-order valence-corrected chi connectivity index (χ3v) is 3.02. The zero-order valence-corrected chi connectivity index (χ0v) is 11.7. The van der Waals surface area contributed by atoms with E-state index in [2.05, 4.69) is 9.97 Å². The van der Waals surface area contributed by atoms with E-state index in [1.165, 1.54) is 18.2 Å². The summed E-state index contributed by atoms with van der Waals surface area (Å²) in [6, 6.07) is 4.80. The molecule has 2 rings (SSSR count). The molecule has 2 N–H and O–H groups in total. The number of nitrogens with one attached hydrogen (secondary N) is 1. The zero-order chi connectivity index (χ0) is 15.6. The van der Waals surface area contributed by atoms with Crippen LogP contribution in [-0.4, -0.2) is 20.0 Å². The third kappa shape index (κ3) is 3.39. The van der Waals surface area contributed by atoms with E-state index in [-0.39, 0.29) is 5.82 Å². The molecule has 2 aromatic rings. The number of halogens is 2. The number of aromatic nitrogens is 2. The average molecular weight is 328 g/mol. The molecule has 0 aliphatic carbocycles. The summed E-state index contributed by atoms with van der Waals surface area (Å²) < 4.78 is 0. The first-order valence-corrected chi connectivity index (χ1v) is 6.25. The number of nitrogens with zero attached hydrogens (tertiary/aromatic N) is 2. The topological polar surface area (TPSA) is 109 Å². The minimum Gasteiger partial charge on any atom is -0.488 e. The molecular weight excluding hydrogens is 321 g/mol. The van der Waals surface area contributed by atoms with Gasteiger partial charge in [-0.1, -0.05) is 29.3 Å². The normalized spacial score (nSPS) is 11.0. The fourth-order valence-corrected chi connectivity index (χ4v) is 1.99. The van der Waals surface area contributed by atoms with Gasteiger partial charge >= 0.3 is 11.2 Å². The molecule has 0 bridgehead atoms. The van der Waals surface area contributed by atoms with Crippen LogP contribution in [-0.2, 0) is 0 Å². The van der Waals surface area contributed by atoms with Crippen LogP contribution in [0.2, 0.25) is 10.0 Å². The van der Waals surface area contributed by atoms with E-state index >= 15 is 0 Å². The van der Waals surface area contributed by atoms with Crippen LogP contribution < -0.4 is 5.56 Å². The number of H-pyrrole nitrogens is 1. The lowest BCUT2D eigenvalue weighted by Gasteiger charge is -1.99. The molecule has 0 saturated heterocycles. The Labute approximate surface area is 127 Å². The molecule has 0 unspecified atom stereocenters. The minimum absolute atomic E-state index is 0.0471. The predicted molar refractivity (Wildman–Crippen MR) is 78.6 cm³/mol. The smallest absolute Gasteiger partial charge is 0.395 e. The van der Waals surface area contributed by atoms with Gasteiger partial charge in [0.2, 0.25) is 0 Å². The number of aromatic amines is 1. The number of rotatable bonds is 3. The first-order chi connectivity index (χ1) is 9.88. The summed E-state index contributed by atoms with van der Waals surface area (Å²) in [5.41, 5.74) is -1.45. The lowest BCUT2D eigenvalue weighted by Crippen LogP contribution is -2.14. The highest BCUT2D eigenvalue weighted by atomic mass is 35.5. The highest BCUT2D eigenvalue weighted by Crippen LogP contribution is 2.23. The molecule has 0 fully saturated rings. The molecule has 21 heavy (non-hydrogen) atoms. The van der Waals surface area contributed by atoms with Gasteiger partial charge in [0.15, 0.2) is 0 Å². The molecule has 108 valence electrons. The monoisotopic (exact) mass is 327 g/mol. The lowest BCUT2D eigenvalue weighted by molar-refractivity contribution is -0.387. The van der Waals surface area contributed by atoms with Gasteiger partial charge in [-0.15, -0.1) is 0 Å². The van der Waals surface area contributed by atoms with Crippen molar-refractivity contribution < 1.29 is 10.0 Å². The summed E-state index contributed by atoms with van der Waals surface area (Å²) in [5, 5.41) is 20.8. The predicted octanol–water partition coefficient (Wildman–Crippen LogP) is 2.86. The van der Waals surface area contributed by atoms with Crippen LogP contribution in [0, 0.1) is 10.1 Å². The van der Waals surface area contributed by atoms with Crippen molar-refractivity contribution in [1.82, 2.24) is 9.97 Å². The van der Waals surface area contributed by atoms with Crippen molar-refractivity contribution >= 4 is 41.0 Å². The Balaban J connectivity index is 2.38. The summed E-state index contributed by atoms with van der Waals surface area (Å²) in [5.74, 6) is -1.00. The van der Waals surface area contributed by atoms with Gasteiger partial charge in [-0.05, 0) is 29.8 Å². The number of aromatic hydroxyl groups is 1. The van der Waals surface area contributed by atoms with Gasteiger partial charge in [-0.25, -0.2) is 0 Å². The van der Waals surface area contributed by atoms with E-state index in [0.29, 0.717) is 15.6 Å². The molecule has 0 spiro atoms. The highest BCUT2D eigenvalue weighted by molar-refractivity contribution is 6.35. The van der Waals surface area contributed by atoms with Crippen molar-refractivity contribution in [3.05, 3.63) is 60.1 Å². The first-order valence-electron chi connectivity index (χ1n) is 5.49. The van der Waals surface area contributed by atoms with Crippen LogP contribution in [0.1, 0.15) is 11.4 Å². The van der Waals surface area contributed by atoms with E-state index in [9.17, 15) is 20.0 Å². The third-order valence-electron chi connectivity index (χ3n) is 2.46. The van der Waals surface area contributed by atoms with E-state index in [0.717, 1.165) is 0 Å². The Bertz CT molecular complexity index is 802. The number of benzene rings is 1. The van der Waals surface area contributed by atoms with E-state index in [4.69, 9.17) is 23.2 Å². The molecule has 7 nitrogen and oxygen atoms in total. The Hall–Kier alpha value is -2.38. The van der Waals surface area contributed by atoms with Crippen LogP contribution in [0.3, 0.4) is 0 Å². The van der Waals surface area contributed by atoms with Crippen LogP contribution in [0.15, 0.2) is 23.0 Å². The summed E-state index contributed by atoms with van der Waals surface area (Å²) >= 11 is 11.7.